The predicted molar refractivity (Wildman–Crippen MR) is 90.7 cm³/mol. The zero-order chi connectivity index (χ0) is 16.7. The van der Waals surface area contributed by atoms with Crippen molar-refractivity contribution in [3.8, 4) is 0 Å². The smallest absolute Gasteiger partial charge is 0.228 e. The second kappa shape index (κ2) is 7.88. The Bertz CT molecular complexity index is 612. The van der Waals surface area contributed by atoms with Gasteiger partial charge in [0.05, 0.1) is 24.7 Å². The second-order valence-electron chi connectivity index (χ2n) is 6.34. The monoisotopic (exact) mass is 312 g/mol. The van der Waals surface area contributed by atoms with E-state index in [9.17, 15) is 4.79 Å². The molecule has 0 aliphatic heterocycles. The number of nitrogens with zero attached hydrogens (tertiary/aromatic N) is 1. The number of carbonyl (C=O) groups excluding carboxylic acids is 1. The normalized spacial score (nSPS) is 12.7. The fourth-order valence-corrected chi connectivity index (χ4v) is 2.17. The average Bonchev–Trinajstić information content (AvgIpc) is 2.56. The Hall–Kier alpha value is -2.20. The van der Waals surface area contributed by atoms with Gasteiger partial charge in [0, 0.05) is 12.4 Å². The Morgan fingerprint density at radius 2 is 1.96 bits per heavy atom. The molecule has 1 heterocycles. The van der Waals surface area contributed by atoms with Crippen LogP contribution >= 0.6 is 0 Å². The van der Waals surface area contributed by atoms with E-state index in [0.29, 0.717) is 13.2 Å². The maximum atomic E-state index is 12.5. The third kappa shape index (κ3) is 5.18. The highest BCUT2D eigenvalue weighted by atomic mass is 16.5. The highest BCUT2D eigenvalue weighted by Gasteiger charge is 2.29. The zero-order valence-corrected chi connectivity index (χ0v) is 14.0. The molecular weight excluding hydrogens is 288 g/mol. The maximum Gasteiger partial charge on any atom is 0.228 e. The third-order valence-electron chi connectivity index (χ3n) is 3.72. The minimum atomic E-state index is -0.592. The van der Waals surface area contributed by atoms with Crippen LogP contribution in [-0.4, -0.2) is 17.5 Å². The van der Waals surface area contributed by atoms with Crippen molar-refractivity contribution in [2.75, 3.05) is 6.61 Å². The lowest BCUT2D eigenvalue weighted by atomic mass is 9.93. The maximum absolute atomic E-state index is 12.5. The van der Waals surface area contributed by atoms with Crippen molar-refractivity contribution in [1.29, 1.82) is 0 Å². The first-order chi connectivity index (χ1) is 11.0. The van der Waals surface area contributed by atoms with E-state index < -0.39 is 5.41 Å². The molecule has 4 heteroatoms. The van der Waals surface area contributed by atoms with Crippen LogP contribution in [0.25, 0.3) is 0 Å². The molecule has 0 aliphatic carbocycles. The van der Waals surface area contributed by atoms with E-state index in [2.05, 4.69) is 10.3 Å². The Labute approximate surface area is 137 Å². The van der Waals surface area contributed by atoms with E-state index in [0.717, 1.165) is 11.1 Å². The number of amides is 1. The van der Waals surface area contributed by atoms with Crippen molar-refractivity contribution in [2.45, 2.75) is 33.4 Å². The second-order valence-corrected chi connectivity index (χ2v) is 6.34. The molecule has 2 rings (SSSR count). The summed E-state index contributed by atoms with van der Waals surface area (Å²) in [6, 6.07) is 13.7. The van der Waals surface area contributed by atoms with Crippen molar-refractivity contribution in [3.05, 3.63) is 66.0 Å². The van der Waals surface area contributed by atoms with Gasteiger partial charge in [0.15, 0.2) is 0 Å². The SMILES string of the molecule is C[C@@H](NC(=O)C(C)(C)COCc1ccccc1)c1cccnc1. The molecule has 1 atom stereocenters. The van der Waals surface area contributed by atoms with Gasteiger partial charge in [-0.3, -0.25) is 9.78 Å². The van der Waals surface area contributed by atoms with Gasteiger partial charge in [-0.25, -0.2) is 0 Å². The predicted octanol–water partition coefficient (Wildman–Crippen LogP) is 3.50. The lowest BCUT2D eigenvalue weighted by Crippen LogP contribution is -2.41. The first-order valence-corrected chi connectivity index (χ1v) is 7.81. The molecule has 1 N–H and O–H groups in total. The van der Waals surface area contributed by atoms with Crippen molar-refractivity contribution in [2.24, 2.45) is 5.41 Å². The van der Waals surface area contributed by atoms with Crippen LogP contribution in [-0.2, 0) is 16.1 Å². The largest absolute Gasteiger partial charge is 0.376 e. The summed E-state index contributed by atoms with van der Waals surface area (Å²) < 4.78 is 5.72. The summed E-state index contributed by atoms with van der Waals surface area (Å²) in [6.45, 7) is 6.62. The summed E-state index contributed by atoms with van der Waals surface area (Å²) in [6.07, 6.45) is 3.49. The van der Waals surface area contributed by atoms with Gasteiger partial charge >= 0.3 is 0 Å². The van der Waals surface area contributed by atoms with Gasteiger partial charge in [-0.1, -0.05) is 36.4 Å². The number of rotatable bonds is 7. The van der Waals surface area contributed by atoms with Crippen LogP contribution in [0.2, 0.25) is 0 Å². The molecule has 0 saturated heterocycles. The van der Waals surface area contributed by atoms with Crippen molar-refractivity contribution < 1.29 is 9.53 Å². The first kappa shape index (κ1) is 17.2. The molecule has 0 saturated carbocycles. The van der Waals surface area contributed by atoms with E-state index in [4.69, 9.17) is 4.74 Å². The number of hydrogen-bond donors (Lipinski definition) is 1. The van der Waals surface area contributed by atoms with E-state index in [1.165, 1.54) is 0 Å². The van der Waals surface area contributed by atoms with Gasteiger partial charge in [-0.2, -0.15) is 0 Å². The molecule has 0 radical (unpaired) electrons. The van der Waals surface area contributed by atoms with Crippen LogP contribution in [0.5, 0.6) is 0 Å². The van der Waals surface area contributed by atoms with Gasteiger partial charge in [-0.15, -0.1) is 0 Å². The molecule has 1 aromatic carbocycles. The number of ether oxygens (including phenoxy) is 1. The molecule has 1 amide bonds. The minimum absolute atomic E-state index is 0.0260. The van der Waals surface area contributed by atoms with Crippen LogP contribution in [0.1, 0.15) is 37.9 Å². The van der Waals surface area contributed by atoms with Gasteiger partial charge in [0.1, 0.15) is 0 Å². The highest BCUT2D eigenvalue weighted by molar-refractivity contribution is 5.82. The summed E-state index contributed by atoms with van der Waals surface area (Å²) in [5, 5.41) is 3.03. The first-order valence-electron chi connectivity index (χ1n) is 7.81. The highest BCUT2D eigenvalue weighted by Crippen LogP contribution is 2.19. The average molecular weight is 312 g/mol. The fraction of sp³-hybridized carbons (Fsp3) is 0.368. The van der Waals surface area contributed by atoms with E-state index in [-0.39, 0.29) is 11.9 Å². The van der Waals surface area contributed by atoms with Gasteiger partial charge in [0.25, 0.3) is 0 Å². The summed E-state index contributed by atoms with van der Waals surface area (Å²) in [7, 11) is 0. The minimum Gasteiger partial charge on any atom is -0.376 e. The summed E-state index contributed by atoms with van der Waals surface area (Å²) in [5.74, 6) is -0.0260. The van der Waals surface area contributed by atoms with Crippen LogP contribution < -0.4 is 5.32 Å². The Morgan fingerprint density at radius 3 is 2.61 bits per heavy atom. The van der Waals surface area contributed by atoms with Gasteiger partial charge in [-0.05, 0) is 38.0 Å². The molecule has 0 aliphatic rings. The van der Waals surface area contributed by atoms with Crippen LogP contribution in [0.15, 0.2) is 54.9 Å². The van der Waals surface area contributed by atoms with E-state index >= 15 is 0 Å². The lowest BCUT2D eigenvalue weighted by Gasteiger charge is -2.26. The number of pyridine rings is 1. The van der Waals surface area contributed by atoms with Gasteiger partial charge in [0.2, 0.25) is 5.91 Å². The fourth-order valence-electron chi connectivity index (χ4n) is 2.17. The third-order valence-corrected chi connectivity index (χ3v) is 3.72. The molecule has 4 nitrogen and oxygen atoms in total. The topological polar surface area (TPSA) is 51.2 Å². The number of nitrogens with one attached hydrogen (secondary N) is 1. The Kier molecular flexibility index (Phi) is 5.88. The van der Waals surface area contributed by atoms with Crippen molar-refractivity contribution in [1.82, 2.24) is 10.3 Å². The number of hydrogen-bond acceptors (Lipinski definition) is 3. The summed E-state index contributed by atoms with van der Waals surface area (Å²) in [5.41, 5.74) is 1.50. The van der Waals surface area contributed by atoms with E-state index in [1.54, 1.807) is 12.4 Å². The van der Waals surface area contributed by atoms with Crippen LogP contribution in [0.4, 0.5) is 0 Å². The number of benzene rings is 1. The van der Waals surface area contributed by atoms with Crippen molar-refractivity contribution in [3.63, 3.8) is 0 Å². The molecule has 0 spiro atoms. The molecular formula is C19H24N2O2. The summed E-state index contributed by atoms with van der Waals surface area (Å²) in [4.78, 5) is 16.6. The molecule has 0 bridgehead atoms. The Balaban J connectivity index is 1.84. The molecule has 1 aromatic heterocycles. The lowest BCUT2D eigenvalue weighted by molar-refractivity contribution is -0.133. The number of aromatic nitrogens is 1. The van der Waals surface area contributed by atoms with E-state index in [1.807, 2.05) is 63.2 Å². The van der Waals surface area contributed by atoms with Crippen molar-refractivity contribution >= 4 is 5.91 Å². The van der Waals surface area contributed by atoms with Crippen LogP contribution in [0.3, 0.4) is 0 Å². The molecule has 122 valence electrons. The standard InChI is InChI=1S/C19H24N2O2/c1-15(17-10-7-11-20-12-17)21-18(22)19(2,3)14-23-13-16-8-5-4-6-9-16/h4-12,15H,13-14H2,1-3H3,(H,21,22)/t15-/m1/s1. The Morgan fingerprint density at radius 1 is 1.22 bits per heavy atom. The number of carbonyl (C=O) groups is 1. The van der Waals surface area contributed by atoms with Gasteiger partial charge < -0.3 is 10.1 Å². The summed E-state index contributed by atoms with van der Waals surface area (Å²) >= 11 is 0. The quantitative estimate of drug-likeness (QED) is 0.851. The van der Waals surface area contributed by atoms with Crippen LogP contribution in [0, 0.1) is 5.41 Å². The molecule has 0 unspecified atom stereocenters. The molecule has 2 aromatic rings. The zero-order valence-electron chi connectivity index (χ0n) is 14.0. The molecule has 23 heavy (non-hydrogen) atoms. The molecule has 0 fully saturated rings.